The molecule has 0 atom stereocenters. The smallest absolute Gasteiger partial charge is 0.204 e. The number of benzene rings is 3. The first-order valence-corrected chi connectivity index (χ1v) is 12.4. The second-order valence-corrected chi connectivity index (χ2v) is 9.38. The molecule has 3 aromatic carbocycles. The van der Waals surface area contributed by atoms with Gasteiger partial charge in [-0.1, -0.05) is 60.1 Å². The number of nitrogens with zero attached hydrogens (tertiary/aromatic N) is 4. The SMILES string of the molecule is S=c1n(CN2CCOCC2)nc(-c2[nH]c3ccc(Cl)cc3c2-c2ccccc2)n1-c1ccccc1. The van der Waals surface area contributed by atoms with E-state index in [4.69, 9.17) is 33.7 Å². The number of ether oxygens (including phenoxy) is 1. The van der Waals surface area contributed by atoms with Crippen molar-refractivity contribution in [2.45, 2.75) is 6.67 Å². The Morgan fingerprint density at radius 3 is 2.40 bits per heavy atom. The fraction of sp³-hybridized carbons (Fsp3) is 0.185. The number of H-pyrrole nitrogens is 1. The number of aromatic amines is 1. The molecule has 1 saturated heterocycles. The Hall–Kier alpha value is -3.23. The summed E-state index contributed by atoms with van der Waals surface area (Å²) in [4.78, 5) is 5.94. The molecule has 0 spiro atoms. The molecule has 35 heavy (non-hydrogen) atoms. The summed E-state index contributed by atoms with van der Waals surface area (Å²) in [6, 6.07) is 26.4. The van der Waals surface area contributed by atoms with Gasteiger partial charge in [0, 0.05) is 34.6 Å². The molecule has 6 nitrogen and oxygen atoms in total. The lowest BCUT2D eigenvalue weighted by molar-refractivity contribution is 0.0210. The fourth-order valence-electron chi connectivity index (χ4n) is 4.64. The van der Waals surface area contributed by atoms with Gasteiger partial charge in [-0.3, -0.25) is 9.47 Å². The number of fused-ring (bicyclic) bond motifs is 1. The highest BCUT2D eigenvalue weighted by atomic mass is 35.5. The molecule has 6 rings (SSSR count). The van der Waals surface area contributed by atoms with Crippen molar-refractivity contribution in [3.8, 4) is 28.3 Å². The van der Waals surface area contributed by atoms with E-state index in [1.54, 1.807) is 0 Å². The predicted molar refractivity (Wildman–Crippen MR) is 143 cm³/mol. The molecular weight excluding hydrogens is 478 g/mol. The number of aromatic nitrogens is 4. The molecule has 0 aliphatic carbocycles. The van der Waals surface area contributed by atoms with Crippen molar-refractivity contribution in [3.05, 3.63) is 88.7 Å². The van der Waals surface area contributed by atoms with Crippen LogP contribution < -0.4 is 0 Å². The zero-order valence-electron chi connectivity index (χ0n) is 19.0. The number of rotatable bonds is 5. The van der Waals surface area contributed by atoms with Gasteiger partial charge >= 0.3 is 0 Å². The quantitative estimate of drug-likeness (QED) is 0.293. The van der Waals surface area contributed by atoms with Crippen LogP contribution in [0.2, 0.25) is 5.02 Å². The lowest BCUT2D eigenvalue weighted by atomic mass is 10.0. The van der Waals surface area contributed by atoms with Gasteiger partial charge in [-0.15, -0.1) is 5.10 Å². The molecule has 3 heterocycles. The van der Waals surface area contributed by atoms with Crippen LogP contribution in [0.4, 0.5) is 0 Å². The number of nitrogens with one attached hydrogen (secondary N) is 1. The highest BCUT2D eigenvalue weighted by Gasteiger charge is 2.23. The van der Waals surface area contributed by atoms with Crippen molar-refractivity contribution in [3.63, 3.8) is 0 Å². The van der Waals surface area contributed by atoms with Gasteiger partial charge < -0.3 is 9.72 Å². The summed E-state index contributed by atoms with van der Waals surface area (Å²) >= 11 is 12.4. The Morgan fingerprint density at radius 2 is 1.66 bits per heavy atom. The number of para-hydroxylation sites is 1. The molecule has 176 valence electrons. The maximum atomic E-state index is 6.43. The van der Waals surface area contributed by atoms with Gasteiger partial charge in [-0.25, -0.2) is 4.68 Å². The molecule has 0 unspecified atom stereocenters. The van der Waals surface area contributed by atoms with Gasteiger partial charge in [-0.05, 0) is 48.1 Å². The number of morpholine rings is 1. The second kappa shape index (κ2) is 9.43. The van der Waals surface area contributed by atoms with Crippen LogP contribution in [0.3, 0.4) is 0 Å². The van der Waals surface area contributed by atoms with Gasteiger partial charge in [0.15, 0.2) is 5.82 Å². The number of hydrogen-bond donors (Lipinski definition) is 1. The Morgan fingerprint density at radius 1 is 0.943 bits per heavy atom. The average molecular weight is 502 g/mol. The molecule has 0 amide bonds. The Kier molecular flexibility index (Phi) is 6.00. The first-order valence-electron chi connectivity index (χ1n) is 11.6. The van der Waals surface area contributed by atoms with Gasteiger partial charge in [0.2, 0.25) is 4.77 Å². The molecule has 5 aromatic rings. The molecule has 0 saturated carbocycles. The first-order chi connectivity index (χ1) is 17.2. The van der Waals surface area contributed by atoms with Gasteiger partial charge in [0.1, 0.15) is 0 Å². The van der Waals surface area contributed by atoms with Crippen LogP contribution in [0.1, 0.15) is 0 Å². The Bertz CT molecular complexity index is 1530. The number of hydrogen-bond acceptors (Lipinski definition) is 4. The molecule has 0 radical (unpaired) electrons. The minimum absolute atomic E-state index is 0.613. The molecular formula is C27H24ClN5OS. The normalized spacial score (nSPS) is 14.5. The lowest BCUT2D eigenvalue weighted by Gasteiger charge is -2.26. The van der Waals surface area contributed by atoms with E-state index in [-0.39, 0.29) is 0 Å². The highest BCUT2D eigenvalue weighted by Crippen LogP contribution is 2.39. The monoisotopic (exact) mass is 501 g/mol. The predicted octanol–water partition coefficient (Wildman–Crippen LogP) is 6.16. The summed E-state index contributed by atoms with van der Waals surface area (Å²) < 4.78 is 10.1. The minimum atomic E-state index is 0.613. The standard InChI is InChI=1S/C27H24ClN5OS/c28-20-11-12-23-22(17-20)24(19-7-3-1-4-8-19)25(29-23)26-30-32(18-31-13-15-34-16-14-31)27(35)33(26)21-9-5-2-6-10-21/h1-12,17,29H,13-16,18H2. The maximum Gasteiger partial charge on any atom is 0.204 e. The van der Waals surface area contributed by atoms with E-state index >= 15 is 0 Å². The van der Waals surface area contributed by atoms with E-state index in [2.05, 4.69) is 38.7 Å². The van der Waals surface area contributed by atoms with Crippen LogP contribution >= 0.6 is 23.8 Å². The zero-order valence-corrected chi connectivity index (χ0v) is 20.6. The minimum Gasteiger partial charge on any atom is -0.379 e. The van der Waals surface area contributed by atoms with E-state index in [9.17, 15) is 0 Å². The summed E-state index contributed by atoms with van der Waals surface area (Å²) in [6.45, 7) is 3.77. The topological polar surface area (TPSA) is 51.0 Å². The van der Waals surface area contributed by atoms with Crippen LogP contribution in [0.15, 0.2) is 78.9 Å². The summed E-state index contributed by atoms with van der Waals surface area (Å²) in [7, 11) is 0. The third-order valence-electron chi connectivity index (χ3n) is 6.34. The molecule has 0 bridgehead atoms. The van der Waals surface area contributed by atoms with Crippen molar-refractivity contribution < 1.29 is 4.74 Å². The van der Waals surface area contributed by atoms with E-state index in [1.165, 1.54) is 0 Å². The summed E-state index contributed by atoms with van der Waals surface area (Å²) in [6.07, 6.45) is 0. The second-order valence-electron chi connectivity index (χ2n) is 8.58. The van der Waals surface area contributed by atoms with E-state index in [0.29, 0.717) is 16.5 Å². The molecule has 8 heteroatoms. The third-order valence-corrected chi connectivity index (χ3v) is 6.97. The fourth-order valence-corrected chi connectivity index (χ4v) is 5.10. The van der Waals surface area contributed by atoms with Crippen molar-refractivity contribution in [2.75, 3.05) is 26.3 Å². The Labute approximate surface area is 213 Å². The molecule has 1 N–H and O–H groups in total. The molecule has 1 fully saturated rings. The zero-order chi connectivity index (χ0) is 23.8. The summed E-state index contributed by atoms with van der Waals surface area (Å²) in [5.41, 5.74) is 5.01. The van der Waals surface area contributed by atoms with Crippen molar-refractivity contribution >= 4 is 34.7 Å². The van der Waals surface area contributed by atoms with E-state index in [0.717, 1.165) is 65.5 Å². The summed E-state index contributed by atoms with van der Waals surface area (Å²) in [5, 5.41) is 6.82. The third kappa shape index (κ3) is 4.21. The van der Waals surface area contributed by atoms with Crippen LogP contribution in [-0.2, 0) is 11.4 Å². The lowest BCUT2D eigenvalue weighted by Crippen LogP contribution is -2.37. The van der Waals surface area contributed by atoms with Crippen LogP contribution in [0.25, 0.3) is 39.2 Å². The van der Waals surface area contributed by atoms with Crippen molar-refractivity contribution in [2.24, 2.45) is 0 Å². The molecule has 1 aliphatic rings. The van der Waals surface area contributed by atoms with Crippen LogP contribution in [0, 0.1) is 4.77 Å². The first kappa shape index (κ1) is 22.2. The maximum absolute atomic E-state index is 6.43. The largest absolute Gasteiger partial charge is 0.379 e. The van der Waals surface area contributed by atoms with Crippen LogP contribution in [-0.4, -0.2) is 50.5 Å². The van der Waals surface area contributed by atoms with Crippen molar-refractivity contribution in [1.82, 2.24) is 24.2 Å². The number of halogens is 1. The average Bonchev–Trinajstić information content (AvgIpc) is 3.43. The summed E-state index contributed by atoms with van der Waals surface area (Å²) in [5.74, 6) is 0.764. The Balaban J connectivity index is 1.60. The van der Waals surface area contributed by atoms with Crippen LogP contribution in [0.5, 0.6) is 0 Å². The molecule has 2 aromatic heterocycles. The highest BCUT2D eigenvalue weighted by molar-refractivity contribution is 7.71. The van der Waals surface area contributed by atoms with E-state index < -0.39 is 0 Å². The van der Waals surface area contributed by atoms with Gasteiger partial charge in [0.25, 0.3) is 0 Å². The van der Waals surface area contributed by atoms with Gasteiger partial charge in [-0.2, -0.15) is 0 Å². The van der Waals surface area contributed by atoms with Crippen molar-refractivity contribution in [1.29, 1.82) is 0 Å². The van der Waals surface area contributed by atoms with Gasteiger partial charge in [0.05, 0.1) is 31.3 Å². The van der Waals surface area contributed by atoms with E-state index in [1.807, 2.05) is 59.3 Å². The molecule has 1 aliphatic heterocycles.